The molecule has 2 rings (SSSR count). The highest BCUT2D eigenvalue weighted by Gasteiger charge is 2.19. The molecule has 0 aromatic carbocycles. The van der Waals surface area contributed by atoms with Gasteiger partial charge in [0.2, 0.25) is 0 Å². The Morgan fingerprint density at radius 3 is 3.08 bits per heavy atom. The lowest BCUT2D eigenvalue weighted by Gasteiger charge is -2.30. The van der Waals surface area contributed by atoms with Gasteiger partial charge in [0.25, 0.3) is 0 Å². The van der Waals surface area contributed by atoms with Gasteiger partial charge in [-0.05, 0) is 6.42 Å². The fourth-order valence-corrected chi connectivity index (χ4v) is 1.13. The van der Waals surface area contributed by atoms with Gasteiger partial charge in [0.15, 0.2) is 0 Å². The topological polar surface area (TPSA) is 58.4 Å². The van der Waals surface area contributed by atoms with Crippen molar-refractivity contribution in [1.82, 2.24) is 15.4 Å². The molecule has 0 spiro atoms. The summed E-state index contributed by atoms with van der Waals surface area (Å²) in [5.41, 5.74) is 0.744. The Bertz CT molecular complexity index is 280. The molecule has 0 aliphatic carbocycles. The van der Waals surface area contributed by atoms with E-state index >= 15 is 0 Å². The van der Waals surface area contributed by atoms with Gasteiger partial charge >= 0.3 is 6.03 Å². The van der Waals surface area contributed by atoms with Crippen molar-refractivity contribution in [2.75, 3.05) is 13.1 Å². The van der Waals surface area contributed by atoms with Crippen LogP contribution in [0.25, 0.3) is 0 Å². The van der Waals surface area contributed by atoms with Crippen LogP contribution in [-0.4, -0.2) is 29.2 Å². The fourth-order valence-electron chi connectivity index (χ4n) is 1.13. The molecule has 0 bridgehead atoms. The van der Waals surface area contributed by atoms with Crippen LogP contribution in [0, 0.1) is 0 Å². The summed E-state index contributed by atoms with van der Waals surface area (Å²) in [6.07, 6.45) is 2.60. The summed E-state index contributed by atoms with van der Waals surface area (Å²) in [6, 6.07) is 1.71. The minimum atomic E-state index is -0.0192. The molecule has 0 unspecified atom stereocenters. The monoisotopic (exact) mass is 181 g/mol. The quantitative estimate of drug-likeness (QED) is 0.726. The van der Waals surface area contributed by atoms with E-state index in [0.717, 1.165) is 25.2 Å². The van der Waals surface area contributed by atoms with Crippen molar-refractivity contribution in [2.45, 2.75) is 13.0 Å². The van der Waals surface area contributed by atoms with Gasteiger partial charge < -0.3 is 14.7 Å². The fraction of sp³-hybridized carbons (Fsp3) is 0.500. The first kappa shape index (κ1) is 8.10. The van der Waals surface area contributed by atoms with Crippen LogP contribution < -0.4 is 5.32 Å². The average molecular weight is 181 g/mol. The number of likely N-dealkylation sites (tertiary alicyclic amines) is 1. The number of nitrogens with zero attached hydrogens (tertiary/aromatic N) is 2. The Balaban J connectivity index is 1.76. The van der Waals surface area contributed by atoms with Crippen molar-refractivity contribution >= 4 is 6.03 Å². The van der Waals surface area contributed by atoms with E-state index in [1.54, 1.807) is 11.0 Å². The zero-order valence-corrected chi connectivity index (χ0v) is 7.19. The van der Waals surface area contributed by atoms with E-state index in [9.17, 15) is 4.79 Å². The van der Waals surface area contributed by atoms with Crippen molar-refractivity contribution in [3.63, 3.8) is 0 Å². The number of rotatable bonds is 2. The Morgan fingerprint density at radius 1 is 1.69 bits per heavy atom. The minimum Gasteiger partial charge on any atom is -0.364 e. The molecule has 70 valence electrons. The molecule has 5 nitrogen and oxygen atoms in total. The number of amides is 2. The summed E-state index contributed by atoms with van der Waals surface area (Å²) in [4.78, 5) is 13.0. The van der Waals surface area contributed by atoms with Crippen molar-refractivity contribution < 1.29 is 9.32 Å². The largest absolute Gasteiger partial charge is 0.364 e. The molecule has 1 aliphatic rings. The predicted molar refractivity (Wildman–Crippen MR) is 44.9 cm³/mol. The lowest BCUT2D eigenvalue weighted by atomic mass is 10.2. The molecule has 0 saturated carbocycles. The molecule has 1 N–H and O–H groups in total. The van der Waals surface area contributed by atoms with Gasteiger partial charge in [-0.25, -0.2) is 4.79 Å². The highest BCUT2D eigenvalue weighted by atomic mass is 16.5. The van der Waals surface area contributed by atoms with Gasteiger partial charge in [-0.3, -0.25) is 0 Å². The number of hydrogen-bond acceptors (Lipinski definition) is 3. The molecule has 1 saturated heterocycles. The third-order valence-corrected chi connectivity index (χ3v) is 2.06. The van der Waals surface area contributed by atoms with E-state index < -0.39 is 0 Å². The molecule has 2 amide bonds. The van der Waals surface area contributed by atoms with E-state index in [1.165, 1.54) is 6.26 Å². The zero-order chi connectivity index (χ0) is 9.10. The van der Waals surface area contributed by atoms with Gasteiger partial charge in [-0.1, -0.05) is 5.16 Å². The number of urea groups is 1. The number of carbonyl (C=O) groups is 1. The van der Waals surface area contributed by atoms with Crippen LogP contribution in [0.5, 0.6) is 0 Å². The van der Waals surface area contributed by atoms with E-state index in [4.69, 9.17) is 0 Å². The number of hydrogen-bond donors (Lipinski definition) is 1. The van der Waals surface area contributed by atoms with Crippen LogP contribution in [0.15, 0.2) is 16.9 Å². The third-order valence-electron chi connectivity index (χ3n) is 2.06. The minimum absolute atomic E-state index is 0.0192. The molecule has 0 radical (unpaired) electrons. The van der Waals surface area contributed by atoms with Crippen molar-refractivity contribution in [3.8, 4) is 0 Å². The standard InChI is InChI=1S/C8H11N3O2/c12-8(11-3-1-4-11)9-6-7-2-5-13-10-7/h2,5H,1,3-4,6H2,(H,9,12). The number of aromatic nitrogens is 1. The van der Waals surface area contributed by atoms with Gasteiger partial charge in [0.05, 0.1) is 6.54 Å². The summed E-state index contributed by atoms with van der Waals surface area (Å²) in [7, 11) is 0. The van der Waals surface area contributed by atoms with Crippen molar-refractivity contribution in [2.24, 2.45) is 0 Å². The van der Waals surface area contributed by atoms with Crippen LogP contribution in [-0.2, 0) is 6.54 Å². The molecule has 1 aromatic rings. The van der Waals surface area contributed by atoms with Crippen LogP contribution in [0.1, 0.15) is 12.1 Å². The lowest BCUT2D eigenvalue weighted by Crippen LogP contribution is -2.47. The lowest BCUT2D eigenvalue weighted by molar-refractivity contribution is 0.167. The maximum absolute atomic E-state index is 11.3. The average Bonchev–Trinajstić information content (AvgIpc) is 2.49. The molecule has 2 heterocycles. The van der Waals surface area contributed by atoms with Crippen molar-refractivity contribution in [1.29, 1.82) is 0 Å². The summed E-state index contributed by atoms with van der Waals surface area (Å²) in [5, 5.41) is 6.43. The molecule has 1 aliphatic heterocycles. The summed E-state index contributed by atoms with van der Waals surface area (Å²) in [5.74, 6) is 0. The molecule has 1 fully saturated rings. The molecule has 0 atom stereocenters. The predicted octanol–water partition coefficient (Wildman–Crippen LogP) is 0.590. The number of carbonyl (C=O) groups excluding carboxylic acids is 1. The molecular formula is C8H11N3O2. The molecule has 1 aromatic heterocycles. The van der Waals surface area contributed by atoms with Crippen LogP contribution in [0.2, 0.25) is 0 Å². The van der Waals surface area contributed by atoms with Crippen LogP contribution >= 0.6 is 0 Å². The van der Waals surface area contributed by atoms with Gasteiger partial charge in [0, 0.05) is 19.2 Å². The Kier molecular flexibility index (Phi) is 2.16. The van der Waals surface area contributed by atoms with Crippen molar-refractivity contribution in [3.05, 3.63) is 18.0 Å². The maximum Gasteiger partial charge on any atom is 0.317 e. The van der Waals surface area contributed by atoms with E-state index in [1.807, 2.05) is 0 Å². The highest BCUT2D eigenvalue weighted by molar-refractivity contribution is 5.74. The maximum atomic E-state index is 11.3. The first-order valence-electron chi connectivity index (χ1n) is 4.28. The Hall–Kier alpha value is -1.52. The SMILES string of the molecule is O=C(NCc1ccon1)N1CCC1. The number of nitrogens with one attached hydrogen (secondary N) is 1. The zero-order valence-electron chi connectivity index (χ0n) is 7.19. The summed E-state index contributed by atoms with van der Waals surface area (Å²) in [6.45, 7) is 2.17. The molecular weight excluding hydrogens is 170 g/mol. The van der Waals surface area contributed by atoms with Gasteiger partial charge in [-0.15, -0.1) is 0 Å². The first-order chi connectivity index (χ1) is 6.36. The van der Waals surface area contributed by atoms with Gasteiger partial charge in [-0.2, -0.15) is 0 Å². The highest BCUT2D eigenvalue weighted by Crippen LogP contribution is 2.05. The normalized spacial score (nSPS) is 15.2. The van der Waals surface area contributed by atoms with Crippen LogP contribution in [0.3, 0.4) is 0 Å². The van der Waals surface area contributed by atoms with Crippen LogP contribution in [0.4, 0.5) is 4.79 Å². The smallest absolute Gasteiger partial charge is 0.317 e. The second kappa shape index (κ2) is 3.47. The van der Waals surface area contributed by atoms with Gasteiger partial charge in [0.1, 0.15) is 12.0 Å². The Labute approximate surface area is 75.7 Å². The summed E-state index contributed by atoms with van der Waals surface area (Å²) >= 11 is 0. The first-order valence-corrected chi connectivity index (χ1v) is 4.28. The second-order valence-electron chi connectivity index (χ2n) is 2.99. The van der Waals surface area contributed by atoms with E-state index in [0.29, 0.717) is 6.54 Å². The summed E-state index contributed by atoms with van der Waals surface area (Å²) < 4.78 is 4.63. The van der Waals surface area contributed by atoms with E-state index in [-0.39, 0.29) is 6.03 Å². The second-order valence-corrected chi connectivity index (χ2v) is 2.99. The third kappa shape index (κ3) is 1.80. The molecule has 5 heteroatoms. The Morgan fingerprint density at radius 2 is 2.54 bits per heavy atom. The van der Waals surface area contributed by atoms with E-state index in [2.05, 4.69) is 15.0 Å². The molecule has 13 heavy (non-hydrogen) atoms.